The molecule has 0 saturated carbocycles. The van der Waals surface area contributed by atoms with Crippen molar-refractivity contribution in [3.05, 3.63) is 264 Å². The average Bonchev–Trinajstić information content (AvgIpc) is 0.771. The molecule has 2 aliphatic rings. The number of carbonyl (C=O) groups excluding carboxylic acids is 7. The minimum Gasteiger partial charge on any atom is -0.459 e. The number of unbranched alkanes of at least 4 members (excludes halogenated alkanes) is 6. The molecule has 2 fully saturated rings. The number of hydrogen-bond acceptors (Lipinski definition) is 20. The number of ether oxygens (including phenoxy) is 10. The van der Waals surface area contributed by atoms with Crippen LogP contribution in [-0.2, 0) is 61.0 Å². The summed E-state index contributed by atoms with van der Waals surface area (Å²) >= 11 is 0. The van der Waals surface area contributed by atoms with Crippen LogP contribution in [0.1, 0.15) is 117 Å². The van der Waals surface area contributed by atoms with E-state index in [0.717, 1.165) is 32.1 Å². The van der Waals surface area contributed by atoms with E-state index in [-0.39, 0.29) is 45.6 Å². The van der Waals surface area contributed by atoms with Gasteiger partial charge in [-0.3, -0.25) is 9.05 Å². The largest absolute Gasteiger partial charge is 0.474 e. The van der Waals surface area contributed by atoms with Crippen molar-refractivity contribution < 1.29 is 99.4 Å². The summed E-state index contributed by atoms with van der Waals surface area (Å²) < 4.78 is 89.2. The van der Waals surface area contributed by atoms with Crippen LogP contribution in [0.5, 0.6) is 0 Å². The number of esters is 7. The number of phosphoric acid groups is 1. The smallest absolute Gasteiger partial charge is 0.459 e. The number of carbonyl (C=O) groups is 7. The second kappa shape index (κ2) is 34.3. The van der Waals surface area contributed by atoms with Crippen molar-refractivity contribution in [1.29, 1.82) is 0 Å². The lowest BCUT2D eigenvalue weighted by molar-refractivity contribution is -0.350. The Bertz CT molecular complexity index is 3610. The predicted molar refractivity (Wildman–Crippen MR) is 333 cm³/mol. The quantitative estimate of drug-likeness (QED) is 0.0144. The highest BCUT2D eigenvalue weighted by atomic mass is 31.2. The first-order valence-corrected chi connectivity index (χ1v) is 31.7. The SMILES string of the molecule is C=CCCCCCCCCOP(=O)(O)O[C@H]1O[C@H](COC(=O)c2ccccc2)[C@@H](O[C@@H]2O[C@H](COC(=O)c3ccccc3)[C@H](OC(=O)c3ccccc3)[C@H](OC(=O)c3ccccc3)[C@@H]2OC(=O)c2ccccc2)[C@H](OC(=O)c2ccccc2)[C@@H]1OC(=O)c1ccccc1. The number of phosphoric ester groups is 1. The monoisotopic (exact) mass is 1290 g/mol. The molecular weight excluding hydrogens is 1220 g/mol. The van der Waals surface area contributed by atoms with Crippen LogP contribution >= 0.6 is 7.82 Å². The first-order chi connectivity index (χ1) is 45.2. The van der Waals surface area contributed by atoms with Gasteiger partial charge in [-0.2, -0.15) is 0 Å². The second-order valence-corrected chi connectivity index (χ2v) is 22.8. The van der Waals surface area contributed by atoms with E-state index in [4.69, 9.17) is 56.4 Å². The standard InChI is InChI=1S/C71H69O21P/c1-2-3-4-5-6-7-8-30-45-83-93(79,80)92-71-62(90-69(78)54-43-28-15-29-44-54)60(88-67(76)52-39-24-13-25-40-52)58(56(85-71)47-82-64(73)49-33-18-10-19-34-49)91-70-61(89-68(77)53-41-26-14-27-42-53)59(87-66(75)51-37-22-12-23-38-51)57(86-65(74)50-35-20-11-21-36-50)55(84-70)46-81-63(72)48-31-16-9-17-32-48/h2,9-29,31-44,55-62,70-71H,1,3-8,30,45-47H2,(H,79,80)/t55-,56-,57+,58-,59+,60+,61+,62+,70+,71-/m1/s1. The predicted octanol–water partition coefficient (Wildman–Crippen LogP) is 11.7. The van der Waals surface area contributed by atoms with Gasteiger partial charge in [0.05, 0.1) is 45.6 Å². The molecule has 9 rings (SSSR count). The Labute approximate surface area is 536 Å². The zero-order chi connectivity index (χ0) is 65.4. The lowest BCUT2D eigenvalue weighted by atomic mass is 9.95. The molecule has 0 bridgehead atoms. The van der Waals surface area contributed by atoms with Crippen LogP contribution in [0.25, 0.3) is 0 Å². The zero-order valence-electron chi connectivity index (χ0n) is 50.4. The van der Waals surface area contributed by atoms with Crippen LogP contribution in [0, 0.1) is 0 Å². The van der Waals surface area contributed by atoms with Crippen molar-refractivity contribution >= 4 is 49.6 Å². The summed E-state index contributed by atoms with van der Waals surface area (Å²) in [6.45, 7) is 1.79. The highest BCUT2D eigenvalue weighted by Gasteiger charge is 2.59. The number of hydrogen-bond donors (Lipinski definition) is 1. The van der Waals surface area contributed by atoms with Crippen molar-refractivity contribution in [3.63, 3.8) is 0 Å². The molecule has 2 aliphatic heterocycles. The summed E-state index contributed by atoms with van der Waals surface area (Å²) in [5, 5.41) is 0. The summed E-state index contributed by atoms with van der Waals surface area (Å²) in [6.07, 6.45) is -13.0. The van der Waals surface area contributed by atoms with Gasteiger partial charge in [-0.05, 0) is 104 Å². The molecule has 93 heavy (non-hydrogen) atoms. The zero-order valence-corrected chi connectivity index (χ0v) is 51.3. The van der Waals surface area contributed by atoms with Gasteiger partial charge >= 0.3 is 49.6 Å². The molecule has 21 nitrogen and oxygen atoms in total. The fourth-order valence-electron chi connectivity index (χ4n) is 10.1. The molecular formula is C71H69O21P. The molecule has 1 N–H and O–H groups in total. The Kier molecular flexibility index (Phi) is 25.0. The van der Waals surface area contributed by atoms with E-state index in [1.165, 1.54) is 109 Å². The van der Waals surface area contributed by atoms with Crippen molar-refractivity contribution in [2.24, 2.45) is 0 Å². The van der Waals surface area contributed by atoms with Crippen molar-refractivity contribution in [1.82, 2.24) is 0 Å². The first-order valence-electron chi connectivity index (χ1n) is 30.2. The summed E-state index contributed by atoms with van der Waals surface area (Å²) in [6, 6.07) is 53.4. The minimum atomic E-state index is -5.29. The third-order valence-corrected chi connectivity index (χ3v) is 15.8. The molecule has 484 valence electrons. The van der Waals surface area contributed by atoms with Crippen molar-refractivity contribution in [3.8, 4) is 0 Å². The lowest BCUT2D eigenvalue weighted by Crippen LogP contribution is -2.67. The average molecular weight is 1290 g/mol. The molecule has 2 saturated heterocycles. The number of benzene rings is 7. The third kappa shape index (κ3) is 19.5. The number of rotatable bonds is 30. The topological polar surface area (TPSA) is 268 Å². The first kappa shape index (κ1) is 67.9. The van der Waals surface area contributed by atoms with Gasteiger partial charge in [0.1, 0.15) is 31.5 Å². The lowest BCUT2D eigenvalue weighted by Gasteiger charge is -2.48. The highest BCUT2D eigenvalue weighted by Crippen LogP contribution is 2.48. The van der Waals surface area contributed by atoms with Gasteiger partial charge in [0.15, 0.2) is 36.8 Å². The van der Waals surface area contributed by atoms with E-state index in [9.17, 15) is 43.0 Å². The minimum absolute atomic E-state index is 0.00776. The molecule has 2 heterocycles. The molecule has 7 aromatic rings. The van der Waals surface area contributed by atoms with Crippen LogP contribution < -0.4 is 0 Å². The van der Waals surface area contributed by atoms with Crippen LogP contribution in [0.4, 0.5) is 0 Å². The fourth-order valence-corrected chi connectivity index (χ4v) is 11.0. The van der Waals surface area contributed by atoms with E-state index < -0.39 is 124 Å². The number of allylic oxidation sites excluding steroid dienone is 1. The van der Waals surface area contributed by atoms with Gasteiger partial charge in [0.25, 0.3) is 0 Å². The third-order valence-electron chi connectivity index (χ3n) is 14.8. The maximum absolute atomic E-state index is 14.8. The highest BCUT2D eigenvalue weighted by molar-refractivity contribution is 7.47. The Morgan fingerprint density at radius 1 is 0.376 bits per heavy atom. The van der Waals surface area contributed by atoms with Crippen molar-refractivity contribution in [2.75, 3.05) is 19.8 Å². The second-order valence-electron chi connectivity index (χ2n) is 21.4. The molecule has 11 atom stereocenters. The summed E-state index contributed by atoms with van der Waals surface area (Å²) in [5.74, 6) is -7.15. The molecule has 22 heteroatoms. The molecule has 0 aliphatic carbocycles. The van der Waals surface area contributed by atoms with E-state index in [0.29, 0.717) is 12.8 Å². The molecule has 0 spiro atoms. The Morgan fingerprint density at radius 2 is 0.667 bits per heavy atom. The Balaban J connectivity index is 1.19. The van der Waals surface area contributed by atoms with Crippen LogP contribution in [0.2, 0.25) is 0 Å². The molecule has 0 radical (unpaired) electrons. The van der Waals surface area contributed by atoms with E-state index >= 15 is 0 Å². The molecule has 0 aromatic heterocycles. The van der Waals surface area contributed by atoms with E-state index in [2.05, 4.69) is 6.58 Å². The maximum atomic E-state index is 14.8. The van der Waals surface area contributed by atoms with Gasteiger partial charge in [0.2, 0.25) is 6.29 Å². The van der Waals surface area contributed by atoms with Crippen LogP contribution in [-0.4, -0.2) is 128 Å². The van der Waals surface area contributed by atoms with E-state index in [1.807, 2.05) is 6.08 Å². The fraction of sp³-hybridized carbons (Fsp3) is 0.282. The van der Waals surface area contributed by atoms with Gasteiger partial charge in [-0.15, -0.1) is 6.58 Å². The normalized spacial score (nSPS) is 21.5. The molecule has 0 amide bonds. The van der Waals surface area contributed by atoms with Gasteiger partial charge < -0.3 is 52.3 Å². The van der Waals surface area contributed by atoms with Crippen molar-refractivity contribution in [2.45, 2.75) is 106 Å². The molecule has 1 unspecified atom stereocenters. The van der Waals surface area contributed by atoms with Gasteiger partial charge in [-0.1, -0.05) is 159 Å². The summed E-state index contributed by atoms with van der Waals surface area (Å²) in [5.41, 5.74) is -0.0640. The Morgan fingerprint density at radius 3 is 1.04 bits per heavy atom. The summed E-state index contributed by atoms with van der Waals surface area (Å²) in [7, 11) is -5.29. The van der Waals surface area contributed by atoms with Crippen LogP contribution in [0.15, 0.2) is 225 Å². The van der Waals surface area contributed by atoms with Gasteiger partial charge in [0, 0.05) is 0 Å². The maximum Gasteiger partial charge on any atom is 0.474 e. The summed E-state index contributed by atoms with van der Waals surface area (Å²) in [4.78, 5) is 113. The molecule has 7 aromatic carbocycles. The van der Waals surface area contributed by atoms with Crippen LogP contribution in [0.3, 0.4) is 0 Å². The Hall–Kier alpha value is -9.44. The van der Waals surface area contributed by atoms with E-state index in [1.54, 1.807) is 103 Å². The van der Waals surface area contributed by atoms with Gasteiger partial charge in [-0.25, -0.2) is 38.1 Å².